The van der Waals surface area contributed by atoms with E-state index in [0.29, 0.717) is 31.1 Å². The molecule has 0 spiro atoms. The van der Waals surface area contributed by atoms with Gasteiger partial charge in [-0.1, -0.05) is 46.8 Å². The van der Waals surface area contributed by atoms with Crippen LogP contribution in [0.2, 0.25) is 0 Å². The maximum atomic E-state index is 13.9. The van der Waals surface area contributed by atoms with Crippen LogP contribution in [0.5, 0.6) is 0 Å². The molecule has 2 fully saturated rings. The summed E-state index contributed by atoms with van der Waals surface area (Å²) in [5, 5.41) is 11.4. The molecule has 0 bridgehead atoms. The molecule has 0 radical (unpaired) electrons. The van der Waals surface area contributed by atoms with Crippen LogP contribution >= 0.6 is 0 Å². The van der Waals surface area contributed by atoms with Gasteiger partial charge >= 0.3 is 0 Å². The zero-order valence-electron chi connectivity index (χ0n) is 22.1. The molecular formula is C30H44O4. The Kier molecular flexibility index (Phi) is 6.64. The molecule has 1 N–H and O–H groups in total. The van der Waals surface area contributed by atoms with Gasteiger partial charge in [-0.05, 0) is 80.1 Å². The highest BCUT2D eigenvalue weighted by Crippen LogP contribution is 2.65. The molecule has 34 heavy (non-hydrogen) atoms. The molecule has 4 nitrogen and oxygen atoms in total. The summed E-state index contributed by atoms with van der Waals surface area (Å²) in [5.41, 5.74) is 2.51. The van der Waals surface area contributed by atoms with Crippen molar-refractivity contribution >= 4 is 17.3 Å². The third-order valence-electron chi connectivity index (χ3n) is 11.0. The summed E-state index contributed by atoms with van der Waals surface area (Å²) in [6.07, 6.45) is 5.73. The van der Waals surface area contributed by atoms with Crippen molar-refractivity contribution in [2.75, 3.05) is 0 Å². The number of aliphatic hydroxyl groups is 1. The van der Waals surface area contributed by atoms with Crippen molar-refractivity contribution in [1.29, 1.82) is 0 Å². The van der Waals surface area contributed by atoms with E-state index >= 15 is 0 Å². The van der Waals surface area contributed by atoms with Crippen molar-refractivity contribution in [2.45, 2.75) is 99.0 Å². The first-order valence-corrected chi connectivity index (χ1v) is 13.5. The molecule has 0 aromatic carbocycles. The molecule has 4 aliphatic carbocycles. The van der Waals surface area contributed by atoms with Gasteiger partial charge < -0.3 is 5.11 Å². The highest BCUT2D eigenvalue weighted by molar-refractivity contribution is 6.00. The fraction of sp³-hybridized carbons (Fsp3) is 0.767. The van der Waals surface area contributed by atoms with Crippen LogP contribution in [0.1, 0.15) is 92.9 Å². The second-order valence-electron chi connectivity index (χ2n) is 12.7. The Morgan fingerprint density at radius 2 is 1.88 bits per heavy atom. The number of hydrogen-bond acceptors (Lipinski definition) is 4. The van der Waals surface area contributed by atoms with E-state index < -0.39 is 6.10 Å². The van der Waals surface area contributed by atoms with Crippen LogP contribution < -0.4 is 0 Å². The molecular weight excluding hydrogens is 424 g/mol. The molecule has 4 unspecified atom stereocenters. The van der Waals surface area contributed by atoms with Crippen LogP contribution in [0.25, 0.3) is 0 Å². The third kappa shape index (κ3) is 3.79. The number of carbonyl (C=O) groups is 3. The summed E-state index contributed by atoms with van der Waals surface area (Å²) in [4.78, 5) is 38.1. The zero-order valence-corrected chi connectivity index (χ0v) is 22.1. The van der Waals surface area contributed by atoms with Crippen LogP contribution in [0.15, 0.2) is 23.3 Å². The molecule has 0 aromatic rings. The summed E-state index contributed by atoms with van der Waals surface area (Å²) >= 11 is 0. The number of aliphatic hydroxyl groups excluding tert-OH is 1. The quantitative estimate of drug-likeness (QED) is 0.495. The Labute approximate surface area is 205 Å². The van der Waals surface area contributed by atoms with Crippen molar-refractivity contribution in [3.8, 4) is 0 Å². The van der Waals surface area contributed by atoms with Gasteiger partial charge in [-0.25, -0.2) is 0 Å². The molecule has 0 amide bonds. The van der Waals surface area contributed by atoms with Crippen LogP contribution in [-0.2, 0) is 14.4 Å². The van der Waals surface area contributed by atoms with Gasteiger partial charge in [-0.3, -0.25) is 14.4 Å². The second kappa shape index (κ2) is 8.84. The average Bonchev–Trinajstić information content (AvgIpc) is 3.11. The van der Waals surface area contributed by atoms with Gasteiger partial charge in [0, 0.05) is 35.7 Å². The molecule has 188 valence electrons. The highest BCUT2D eigenvalue weighted by atomic mass is 16.3. The van der Waals surface area contributed by atoms with E-state index in [1.807, 2.05) is 13.8 Å². The van der Waals surface area contributed by atoms with Crippen molar-refractivity contribution in [2.24, 2.45) is 46.3 Å². The highest BCUT2D eigenvalue weighted by Gasteiger charge is 2.61. The maximum Gasteiger partial charge on any atom is 0.160 e. The zero-order chi connectivity index (χ0) is 25.2. The largest absolute Gasteiger partial charge is 0.389 e. The lowest BCUT2D eigenvalue weighted by Crippen LogP contribution is -2.54. The van der Waals surface area contributed by atoms with E-state index in [-0.39, 0.29) is 51.9 Å². The lowest BCUT2D eigenvalue weighted by atomic mass is 9.48. The Bertz CT molecular complexity index is 943. The van der Waals surface area contributed by atoms with Gasteiger partial charge in [0.2, 0.25) is 0 Å². The lowest BCUT2D eigenvalue weighted by molar-refractivity contribution is -0.135. The molecule has 0 saturated heterocycles. The number of hydrogen-bond donors (Lipinski definition) is 1. The van der Waals surface area contributed by atoms with E-state index in [0.717, 1.165) is 48.8 Å². The number of carbonyl (C=O) groups excluding carboxylic acids is 3. The minimum absolute atomic E-state index is 0.0567. The van der Waals surface area contributed by atoms with Crippen molar-refractivity contribution in [3.05, 3.63) is 23.3 Å². The van der Waals surface area contributed by atoms with E-state index in [2.05, 4.69) is 27.4 Å². The van der Waals surface area contributed by atoms with Gasteiger partial charge in [-0.15, -0.1) is 0 Å². The summed E-state index contributed by atoms with van der Waals surface area (Å²) in [6.45, 7) is 16.5. The smallest absolute Gasteiger partial charge is 0.160 e. The van der Waals surface area contributed by atoms with E-state index in [4.69, 9.17) is 0 Å². The summed E-state index contributed by atoms with van der Waals surface area (Å²) in [6, 6.07) is 0. The maximum absolute atomic E-state index is 13.9. The summed E-state index contributed by atoms with van der Waals surface area (Å²) in [5.74, 6) is 1.62. The van der Waals surface area contributed by atoms with Crippen LogP contribution in [0.4, 0.5) is 0 Å². The molecule has 4 heteroatoms. The van der Waals surface area contributed by atoms with Gasteiger partial charge in [0.15, 0.2) is 5.78 Å². The van der Waals surface area contributed by atoms with Gasteiger partial charge in [0.1, 0.15) is 11.6 Å². The minimum atomic E-state index is -0.611. The average molecular weight is 469 g/mol. The van der Waals surface area contributed by atoms with Gasteiger partial charge in [-0.2, -0.15) is 0 Å². The predicted octanol–water partition coefficient (Wildman–Crippen LogP) is 5.87. The van der Waals surface area contributed by atoms with Crippen LogP contribution in [0.3, 0.4) is 0 Å². The normalized spacial score (nSPS) is 41.4. The summed E-state index contributed by atoms with van der Waals surface area (Å²) in [7, 11) is 0. The van der Waals surface area contributed by atoms with E-state index in [9.17, 15) is 19.5 Å². The standard InChI is InChI=1S/C30H44O4/c1-16(18(3)20(5)31)8-9-17(2)21-10-11-22-27-25(33)14-23-19(4)24(32)12-13-29(23,6)28(27)26(34)15-30(21,22)7/h17-19,21-23,25,33H,1,8-15H2,2-7H3/t17-,18?,19+,21?,22?,23?,25-,29+,30-/m1/s1. The first kappa shape index (κ1) is 25.5. The van der Waals surface area contributed by atoms with Gasteiger partial charge in [0.25, 0.3) is 0 Å². The fourth-order valence-electron chi connectivity index (χ4n) is 8.61. The minimum Gasteiger partial charge on any atom is -0.389 e. The molecule has 9 atom stereocenters. The Morgan fingerprint density at radius 3 is 2.53 bits per heavy atom. The fourth-order valence-corrected chi connectivity index (χ4v) is 8.61. The van der Waals surface area contributed by atoms with E-state index in [1.165, 1.54) is 0 Å². The van der Waals surface area contributed by atoms with Crippen molar-refractivity contribution in [1.82, 2.24) is 0 Å². The Morgan fingerprint density at radius 1 is 1.21 bits per heavy atom. The topological polar surface area (TPSA) is 71.4 Å². The first-order chi connectivity index (χ1) is 15.8. The van der Waals surface area contributed by atoms with Crippen LogP contribution in [-0.4, -0.2) is 28.6 Å². The number of allylic oxidation sites excluding steroid dienone is 2. The Balaban J connectivity index is 1.61. The lowest BCUT2D eigenvalue weighted by Gasteiger charge is -2.55. The first-order valence-electron chi connectivity index (χ1n) is 13.5. The number of Topliss-reactive ketones (excluding diaryl/α,β-unsaturated/α-hetero) is 3. The number of ketones is 3. The molecule has 4 rings (SSSR count). The summed E-state index contributed by atoms with van der Waals surface area (Å²) < 4.78 is 0. The molecule has 0 heterocycles. The number of rotatable bonds is 6. The van der Waals surface area contributed by atoms with E-state index in [1.54, 1.807) is 6.92 Å². The van der Waals surface area contributed by atoms with Crippen molar-refractivity contribution < 1.29 is 19.5 Å². The van der Waals surface area contributed by atoms with Gasteiger partial charge in [0.05, 0.1) is 6.10 Å². The monoisotopic (exact) mass is 468 g/mol. The predicted molar refractivity (Wildman–Crippen MR) is 134 cm³/mol. The second-order valence-corrected chi connectivity index (χ2v) is 12.7. The van der Waals surface area contributed by atoms with Crippen LogP contribution in [0, 0.1) is 46.3 Å². The Hall–Kier alpha value is -1.55. The SMILES string of the molecule is C=C(CC[C@@H](C)C1CCC2C3=C(C(=O)C[C@@]21C)[C@@]1(C)CCC(=O)[C@@H](C)C1C[C@H]3O)C(C)C(C)=O. The number of fused-ring (bicyclic) bond motifs is 4. The molecule has 4 aliphatic rings. The molecule has 2 saturated carbocycles. The third-order valence-corrected chi connectivity index (χ3v) is 11.0. The molecule has 0 aliphatic heterocycles. The molecule has 0 aromatic heterocycles. The van der Waals surface area contributed by atoms with Crippen molar-refractivity contribution in [3.63, 3.8) is 0 Å².